The summed E-state index contributed by atoms with van der Waals surface area (Å²) in [5.41, 5.74) is 10.2. The molecule has 6 heteroatoms. The lowest BCUT2D eigenvalue weighted by molar-refractivity contribution is 0.357. The second kappa shape index (κ2) is 9.83. The summed E-state index contributed by atoms with van der Waals surface area (Å²) in [7, 11) is 2.13. The minimum Gasteiger partial charge on any atom is -0.430 e. The van der Waals surface area contributed by atoms with Crippen LogP contribution in [0.5, 0.6) is 5.75 Å². The van der Waals surface area contributed by atoms with Crippen molar-refractivity contribution in [2.24, 2.45) is 10.7 Å². The molecule has 2 N–H and O–H groups in total. The number of nitrogens with two attached hydrogens (primary N) is 1. The molecule has 0 heterocycles. The van der Waals surface area contributed by atoms with E-state index in [1.807, 2.05) is 25.1 Å². The van der Waals surface area contributed by atoms with Crippen LogP contribution in [-0.4, -0.2) is 36.0 Å². The maximum Gasteiger partial charge on any atom is 0.290 e. The highest BCUT2D eigenvalue weighted by atomic mass is 35.5. The molecule has 144 valence electrons. The summed E-state index contributed by atoms with van der Waals surface area (Å²) in [5, 5.41) is 0.668. The number of aryl methyl sites for hydroxylation is 2. The van der Waals surface area contributed by atoms with Crippen molar-refractivity contribution in [1.29, 1.82) is 0 Å². The van der Waals surface area contributed by atoms with Crippen LogP contribution in [-0.2, 0) is 6.42 Å². The highest BCUT2D eigenvalue weighted by Gasteiger charge is 2.09. The maximum atomic E-state index is 6.01. The van der Waals surface area contributed by atoms with Crippen LogP contribution in [0.15, 0.2) is 41.4 Å². The number of thiocarbonyl (C=S) groups is 1. The molecule has 0 radical (unpaired) electrons. The third kappa shape index (κ3) is 6.31. The lowest BCUT2D eigenvalue weighted by atomic mass is 10.0. The molecule has 0 saturated heterocycles. The van der Waals surface area contributed by atoms with E-state index in [9.17, 15) is 0 Å². The zero-order valence-electron chi connectivity index (χ0n) is 16.3. The first-order valence-electron chi connectivity index (χ1n) is 8.90. The first-order valence-corrected chi connectivity index (χ1v) is 9.69. The first kappa shape index (κ1) is 21.4. The van der Waals surface area contributed by atoms with Crippen LogP contribution in [0.3, 0.4) is 0 Å². The topological polar surface area (TPSA) is 50.8 Å². The molecule has 27 heavy (non-hydrogen) atoms. The highest BCUT2D eigenvalue weighted by Crippen LogP contribution is 2.24. The number of hydrogen-bond acceptors (Lipinski definition) is 3. The van der Waals surface area contributed by atoms with Crippen molar-refractivity contribution in [3.05, 3.63) is 63.7 Å². The number of likely N-dealkylation sites (N-methyl/N-ethyl adjacent to an activating group) is 1. The summed E-state index contributed by atoms with van der Waals surface area (Å²) < 4.78 is 5.77. The average molecular weight is 404 g/mol. The van der Waals surface area contributed by atoms with E-state index in [0.717, 1.165) is 25.1 Å². The van der Waals surface area contributed by atoms with Crippen LogP contribution in [0.2, 0.25) is 5.02 Å². The monoisotopic (exact) mass is 403 g/mol. The van der Waals surface area contributed by atoms with Gasteiger partial charge in [-0.25, -0.2) is 0 Å². The van der Waals surface area contributed by atoms with E-state index in [2.05, 4.69) is 36.9 Å². The molecule has 0 bridgehead atoms. The van der Waals surface area contributed by atoms with Crippen LogP contribution in [0.4, 0.5) is 0 Å². The summed E-state index contributed by atoms with van der Waals surface area (Å²) in [6.45, 7) is 8.32. The third-order valence-corrected chi connectivity index (χ3v) is 4.88. The third-order valence-electron chi connectivity index (χ3n) is 4.47. The fraction of sp³-hybridized carbons (Fsp3) is 0.333. The summed E-state index contributed by atoms with van der Waals surface area (Å²) in [5.74, 6) is 0.976. The van der Waals surface area contributed by atoms with Crippen LogP contribution in [0.25, 0.3) is 0 Å². The van der Waals surface area contributed by atoms with Gasteiger partial charge in [0.2, 0.25) is 0 Å². The second-order valence-electron chi connectivity index (χ2n) is 6.57. The van der Waals surface area contributed by atoms with Crippen molar-refractivity contribution >= 4 is 34.8 Å². The molecular weight excluding hydrogens is 378 g/mol. The SMILES string of the molecule is CCN(C)CCc1cc(C)c(OC(=S)N=C(N)c2cccc(Cl)c2)cc1C. The van der Waals surface area contributed by atoms with Gasteiger partial charge in [0.25, 0.3) is 5.17 Å². The zero-order valence-corrected chi connectivity index (χ0v) is 17.8. The largest absolute Gasteiger partial charge is 0.430 e. The van der Waals surface area contributed by atoms with Gasteiger partial charge in [-0.2, -0.15) is 4.99 Å². The van der Waals surface area contributed by atoms with E-state index < -0.39 is 0 Å². The summed E-state index contributed by atoms with van der Waals surface area (Å²) >= 11 is 11.2. The molecule has 2 rings (SSSR count). The number of rotatable bonds is 6. The van der Waals surface area contributed by atoms with E-state index in [0.29, 0.717) is 16.3 Å². The van der Waals surface area contributed by atoms with E-state index in [4.69, 9.17) is 34.3 Å². The molecule has 0 aliphatic rings. The summed E-state index contributed by atoms with van der Waals surface area (Å²) in [6, 6.07) is 11.3. The predicted octanol–water partition coefficient (Wildman–Crippen LogP) is 4.52. The van der Waals surface area contributed by atoms with Crippen molar-refractivity contribution in [2.75, 3.05) is 20.1 Å². The van der Waals surface area contributed by atoms with Crippen molar-refractivity contribution in [3.8, 4) is 5.75 Å². The Morgan fingerprint density at radius 3 is 2.63 bits per heavy atom. The molecule has 0 saturated carbocycles. The van der Waals surface area contributed by atoms with Crippen molar-refractivity contribution in [2.45, 2.75) is 27.2 Å². The van der Waals surface area contributed by atoms with Crippen molar-refractivity contribution in [1.82, 2.24) is 4.90 Å². The molecule has 0 unspecified atom stereocenters. The minimum atomic E-state index is 0.0773. The average Bonchev–Trinajstić information content (AvgIpc) is 2.62. The molecule has 2 aromatic rings. The number of halogens is 1. The summed E-state index contributed by atoms with van der Waals surface area (Å²) in [6.07, 6.45) is 1.00. The number of hydrogen-bond donors (Lipinski definition) is 1. The van der Waals surface area contributed by atoms with Crippen LogP contribution in [0.1, 0.15) is 29.2 Å². The molecule has 2 aromatic carbocycles. The molecule has 0 aliphatic carbocycles. The fourth-order valence-electron chi connectivity index (χ4n) is 2.63. The van der Waals surface area contributed by atoms with Crippen LogP contribution < -0.4 is 10.5 Å². The normalized spacial score (nSPS) is 11.7. The number of ether oxygens (including phenoxy) is 1. The number of amidine groups is 1. The van der Waals surface area contributed by atoms with E-state index in [1.165, 1.54) is 11.1 Å². The van der Waals surface area contributed by atoms with Gasteiger partial charge in [-0.15, -0.1) is 0 Å². The van der Waals surface area contributed by atoms with Crippen molar-refractivity contribution < 1.29 is 4.74 Å². The Bertz CT molecular complexity index is 851. The number of aliphatic imine (C=N–C) groups is 1. The van der Waals surface area contributed by atoms with Crippen LogP contribution >= 0.6 is 23.8 Å². The number of benzene rings is 2. The summed E-state index contributed by atoms with van der Waals surface area (Å²) in [4.78, 5) is 6.48. The minimum absolute atomic E-state index is 0.0773. The van der Waals surface area contributed by atoms with Gasteiger partial charge in [0, 0.05) is 17.1 Å². The van der Waals surface area contributed by atoms with E-state index >= 15 is 0 Å². The first-order chi connectivity index (χ1) is 12.8. The molecule has 0 atom stereocenters. The van der Waals surface area contributed by atoms with E-state index in [1.54, 1.807) is 12.1 Å². The lowest BCUT2D eigenvalue weighted by Crippen LogP contribution is -2.20. The fourth-order valence-corrected chi connectivity index (χ4v) is 3.00. The molecule has 0 aliphatic heterocycles. The van der Waals surface area contributed by atoms with Gasteiger partial charge < -0.3 is 15.4 Å². The molecule has 4 nitrogen and oxygen atoms in total. The van der Waals surface area contributed by atoms with Gasteiger partial charge in [0.1, 0.15) is 11.6 Å². The Hall–Kier alpha value is -1.95. The Kier molecular flexibility index (Phi) is 7.78. The van der Waals surface area contributed by atoms with Gasteiger partial charge in [-0.3, -0.25) is 0 Å². The molecular formula is C21H26ClN3OS. The Morgan fingerprint density at radius 1 is 1.22 bits per heavy atom. The molecule has 0 amide bonds. The van der Waals surface area contributed by atoms with Gasteiger partial charge in [-0.1, -0.05) is 36.7 Å². The highest BCUT2D eigenvalue weighted by molar-refractivity contribution is 7.80. The van der Waals surface area contributed by atoms with Gasteiger partial charge >= 0.3 is 0 Å². The van der Waals surface area contributed by atoms with Crippen molar-refractivity contribution in [3.63, 3.8) is 0 Å². The standard InChI is InChI=1S/C21H26ClN3OS/c1-5-25(4)10-9-16-11-15(3)19(12-14(16)2)26-21(27)24-20(23)17-7-6-8-18(22)13-17/h6-8,11-13H,5,9-10H2,1-4H3,(H2,23,24,27). The smallest absolute Gasteiger partial charge is 0.290 e. The molecule has 0 fully saturated rings. The maximum absolute atomic E-state index is 6.01. The Labute approximate surface area is 172 Å². The molecule has 0 aromatic heterocycles. The second-order valence-corrected chi connectivity index (χ2v) is 7.35. The lowest BCUT2D eigenvalue weighted by Gasteiger charge is -2.16. The quantitative estimate of drug-likeness (QED) is 0.437. The number of nitrogens with zero attached hydrogens (tertiary/aromatic N) is 2. The zero-order chi connectivity index (χ0) is 20.0. The van der Waals surface area contributed by atoms with Gasteiger partial charge in [0.15, 0.2) is 0 Å². The van der Waals surface area contributed by atoms with Gasteiger partial charge in [-0.05, 0) is 81.0 Å². The van der Waals surface area contributed by atoms with Crippen LogP contribution in [0, 0.1) is 13.8 Å². The van der Waals surface area contributed by atoms with Gasteiger partial charge in [0.05, 0.1) is 0 Å². The predicted molar refractivity (Wildman–Crippen MR) is 118 cm³/mol. The Morgan fingerprint density at radius 2 is 1.96 bits per heavy atom. The molecule has 0 spiro atoms. The Balaban J connectivity index is 2.11. The van der Waals surface area contributed by atoms with E-state index in [-0.39, 0.29) is 11.0 Å².